The number of nitrogens with one attached hydrogen (secondary N) is 1. The number of hydrogen-bond acceptors (Lipinski definition) is 4. The first-order valence-electron chi connectivity index (χ1n) is 7.70. The van der Waals surface area contributed by atoms with E-state index in [0.717, 1.165) is 0 Å². The molecule has 2 aromatic carbocycles. The van der Waals surface area contributed by atoms with Gasteiger partial charge in [-0.15, -0.1) is 0 Å². The van der Waals surface area contributed by atoms with Crippen LogP contribution in [0.15, 0.2) is 48.5 Å². The first-order chi connectivity index (χ1) is 11.5. The summed E-state index contributed by atoms with van der Waals surface area (Å²) >= 11 is 0. The number of aromatic hydroxyl groups is 1. The van der Waals surface area contributed by atoms with Crippen LogP contribution < -0.4 is 15.0 Å². The normalized spacial score (nSPS) is 16.3. The van der Waals surface area contributed by atoms with Crippen molar-refractivity contribution in [3.8, 4) is 11.5 Å². The first-order valence-corrected chi connectivity index (χ1v) is 7.70. The molecule has 1 aliphatic heterocycles. The van der Waals surface area contributed by atoms with Crippen LogP contribution in [0.3, 0.4) is 0 Å². The van der Waals surface area contributed by atoms with E-state index in [1.54, 1.807) is 30.0 Å². The van der Waals surface area contributed by atoms with E-state index in [0.29, 0.717) is 17.1 Å². The number of hydrogen-bond donors (Lipinski definition) is 2. The predicted molar refractivity (Wildman–Crippen MR) is 90.2 cm³/mol. The van der Waals surface area contributed by atoms with Crippen LogP contribution >= 0.6 is 0 Å². The second-order valence-corrected chi connectivity index (χ2v) is 5.56. The summed E-state index contributed by atoms with van der Waals surface area (Å²) in [5.41, 5.74) is 1.28. The Kier molecular flexibility index (Phi) is 4.37. The molecule has 6 heteroatoms. The van der Waals surface area contributed by atoms with E-state index in [4.69, 9.17) is 4.74 Å². The number of carbonyl (C=O) groups is 2. The molecule has 0 saturated carbocycles. The van der Waals surface area contributed by atoms with Crippen LogP contribution in [0.25, 0.3) is 0 Å². The Morgan fingerprint density at radius 3 is 2.67 bits per heavy atom. The van der Waals surface area contributed by atoms with Gasteiger partial charge < -0.3 is 20.1 Å². The fraction of sp³-hybridized carbons (Fsp3) is 0.222. The second kappa shape index (κ2) is 6.62. The molecule has 2 aromatic rings. The number of phenols is 1. The summed E-state index contributed by atoms with van der Waals surface area (Å²) in [4.78, 5) is 26.0. The highest BCUT2D eigenvalue weighted by atomic mass is 16.5. The van der Waals surface area contributed by atoms with Crippen molar-refractivity contribution in [1.82, 2.24) is 0 Å². The standard InChI is InChI=1S/C18H18N2O4/c1-12-18(23)20(15-4-2-3-5-16(15)24-12)11-10-17(22)19-13-6-8-14(21)9-7-13/h2-9,12,21H,10-11H2,1H3,(H,19,22)/t12-/m1/s1. The lowest BCUT2D eigenvalue weighted by molar-refractivity contribution is -0.125. The van der Waals surface area contributed by atoms with Crippen LogP contribution in [0.4, 0.5) is 11.4 Å². The fourth-order valence-corrected chi connectivity index (χ4v) is 2.57. The number of phenolic OH excluding ortho intramolecular Hbond substituents is 1. The number of benzene rings is 2. The zero-order valence-electron chi connectivity index (χ0n) is 13.2. The lowest BCUT2D eigenvalue weighted by atomic mass is 10.1. The third-order valence-electron chi connectivity index (χ3n) is 3.79. The average Bonchev–Trinajstić information content (AvgIpc) is 2.57. The highest BCUT2D eigenvalue weighted by Gasteiger charge is 2.31. The van der Waals surface area contributed by atoms with Gasteiger partial charge in [-0.1, -0.05) is 12.1 Å². The minimum absolute atomic E-state index is 0.137. The maximum absolute atomic E-state index is 12.3. The molecule has 1 heterocycles. The summed E-state index contributed by atoms with van der Waals surface area (Å²) in [5, 5.41) is 12.0. The number of nitrogens with zero attached hydrogens (tertiary/aromatic N) is 1. The topological polar surface area (TPSA) is 78.9 Å². The van der Waals surface area contributed by atoms with Crippen molar-refractivity contribution in [2.45, 2.75) is 19.4 Å². The molecule has 1 aliphatic rings. The van der Waals surface area contributed by atoms with Gasteiger partial charge in [-0.2, -0.15) is 0 Å². The van der Waals surface area contributed by atoms with E-state index in [1.165, 1.54) is 12.1 Å². The SMILES string of the molecule is C[C@H]1Oc2ccccc2N(CCC(=O)Nc2ccc(O)cc2)C1=O. The average molecular weight is 326 g/mol. The fourth-order valence-electron chi connectivity index (χ4n) is 2.57. The van der Waals surface area contributed by atoms with Gasteiger partial charge in [-0.3, -0.25) is 9.59 Å². The van der Waals surface area contributed by atoms with Gasteiger partial charge in [0.25, 0.3) is 5.91 Å². The molecular formula is C18H18N2O4. The molecule has 6 nitrogen and oxygen atoms in total. The van der Waals surface area contributed by atoms with E-state index in [1.807, 2.05) is 18.2 Å². The van der Waals surface area contributed by atoms with Crippen molar-refractivity contribution in [2.75, 3.05) is 16.8 Å². The van der Waals surface area contributed by atoms with Crippen LogP contribution in [-0.2, 0) is 9.59 Å². The Morgan fingerprint density at radius 1 is 1.21 bits per heavy atom. The predicted octanol–water partition coefficient (Wildman–Crippen LogP) is 2.53. The van der Waals surface area contributed by atoms with Crippen LogP contribution in [-0.4, -0.2) is 29.6 Å². The summed E-state index contributed by atoms with van der Waals surface area (Å²) in [7, 11) is 0. The van der Waals surface area contributed by atoms with Gasteiger partial charge in [0.2, 0.25) is 5.91 Å². The minimum atomic E-state index is -0.569. The van der Waals surface area contributed by atoms with E-state index < -0.39 is 6.10 Å². The molecule has 0 radical (unpaired) electrons. The smallest absolute Gasteiger partial charge is 0.267 e. The van der Waals surface area contributed by atoms with Crippen molar-refractivity contribution in [3.63, 3.8) is 0 Å². The number of ether oxygens (including phenoxy) is 1. The highest BCUT2D eigenvalue weighted by Crippen LogP contribution is 2.33. The van der Waals surface area contributed by atoms with Gasteiger partial charge in [0.15, 0.2) is 6.10 Å². The van der Waals surface area contributed by atoms with E-state index >= 15 is 0 Å². The van der Waals surface area contributed by atoms with Crippen molar-refractivity contribution < 1.29 is 19.4 Å². The number of carbonyl (C=O) groups excluding carboxylic acids is 2. The summed E-state index contributed by atoms with van der Waals surface area (Å²) in [5.74, 6) is 0.414. The van der Waals surface area contributed by atoms with E-state index in [9.17, 15) is 14.7 Å². The Balaban J connectivity index is 1.66. The van der Waals surface area contributed by atoms with Crippen molar-refractivity contribution >= 4 is 23.2 Å². The zero-order chi connectivity index (χ0) is 17.1. The molecule has 0 aromatic heterocycles. The molecule has 0 aliphatic carbocycles. The van der Waals surface area contributed by atoms with Crippen LogP contribution in [0.1, 0.15) is 13.3 Å². The third-order valence-corrected chi connectivity index (χ3v) is 3.79. The van der Waals surface area contributed by atoms with Crippen LogP contribution in [0.2, 0.25) is 0 Å². The Bertz CT molecular complexity index is 758. The molecule has 2 amide bonds. The van der Waals surface area contributed by atoms with E-state index in [-0.39, 0.29) is 30.5 Å². The summed E-state index contributed by atoms with van der Waals surface area (Å²) in [6.45, 7) is 1.97. The van der Waals surface area contributed by atoms with Gasteiger partial charge in [-0.05, 0) is 43.3 Å². The zero-order valence-corrected chi connectivity index (χ0v) is 13.2. The van der Waals surface area contributed by atoms with Crippen LogP contribution in [0, 0.1) is 0 Å². The maximum atomic E-state index is 12.3. The number of fused-ring (bicyclic) bond motifs is 1. The second-order valence-electron chi connectivity index (χ2n) is 5.56. The largest absolute Gasteiger partial charge is 0.508 e. The van der Waals surface area contributed by atoms with Gasteiger partial charge in [0.05, 0.1) is 5.69 Å². The number of para-hydroxylation sites is 2. The molecule has 0 saturated heterocycles. The summed E-state index contributed by atoms with van der Waals surface area (Å²) < 4.78 is 5.57. The highest BCUT2D eigenvalue weighted by molar-refractivity contribution is 6.00. The molecule has 3 rings (SSSR count). The Labute approximate surface area is 139 Å². The van der Waals surface area contributed by atoms with Crippen LogP contribution in [0.5, 0.6) is 11.5 Å². The molecule has 0 fully saturated rings. The molecule has 0 unspecified atom stereocenters. The molecule has 1 atom stereocenters. The first kappa shape index (κ1) is 15.9. The Hall–Kier alpha value is -3.02. The molecule has 0 bridgehead atoms. The van der Waals surface area contributed by atoms with Gasteiger partial charge in [0.1, 0.15) is 11.5 Å². The summed E-state index contributed by atoms with van der Waals surface area (Å²) in [6.07, 6.45) is -0.409. The minimum Gasteiger partial charge on any atom is -0.508 e. The van der Waals surface area contributed by atoms with Crippen molar-refractivity contribution in [2.24, 2.45) is 0 Å². The number of amides is 2. The summed E-state index contributed by atoms with van der Waals surface area (Å²) in [6, 6.07) is 13.5. The Morgan fingerprint density at radius 2 is 1.92 bits per heavy atom. The molecular weight excluding hydrogens is 308 g/mol. The molecule has 24 heavy (non-hydrogen) atoms. The van der Waals surface area contributed by atoms with Crippen molar-refractivity contribution in [3.05, 3.63) is 48.5 Å². The maximum Gasteiger partial charge on any atom is 0.267 e. The quantitative estimate of drug-likeness (QED) is 0.846. The van der Waals surface area contributed by atoms with Gasteiger partial charge in [0, 0.05) is 18.7 Å². The van der Waals surface area contributed by atoms with Gasteiger partial charge >= 0.3 is 0 Å². The number of rotatable bonds is 4. The lowest BCUT2D eigenvalue weighted by Crippen LogP contribution is -2.45. The molecule has 124 valence electrons. The third kappa shape index (κ3) is 3.32. The monoisotopic (exact) mass is 326 g/mol. The van der Waals surface area contributed by atoms with Gasteiger partial charge in [-0.25, -0.2) is 0 Å². The van der Waals surface area contributed by atoms with E-state index in [2.05, 4.69) is 5.32 Å². The number of anilines is 2. The molecule has 2 N–H and O–H groups in total. The van der Waals surface area contributed by atoms with Crippen molar-refractivity contribution in [1.29, 1.82) is 0 Å². The molecule has 0 spiro atoms. The lowest BCUT2D eigenvalue weighted by Gasteiger charge is -2.32.